The highest BCUT2D eigenvalue weighted by Crippen LogP contribution is 2.18. The topological polar surface area (TPSA) is 59.2 Å². The number of hydrogen-bond donors (Lipinski definition) is 1. The van der Waals surface area contributed by atoms with Gasteiger partial charge in [-0.05, 0) is 36.1 Å². The number of nitrogen functional groups attached to an aromatic ring is 1. The summed E-state index contributed by atoms with van der Waals surface area (Å²) in [5.41, 5.74) is 7.69. The predicted octanol–water partition coefficient (Wildman–Crippen LogP) is 2.31. The van der Waals surface area contributed by atoms with E-state index >= 15 is 0 Å². The monoisotopic (exact) mass is 261 g/mol. The zero-order valence-corrected chi connectivity index (χ0v) is 11.2. The Balaban J connectivity index is 2.15. The van der Waals surface area contributed by atoms with Crippen molar-refractivity contribution in [2.24, 2.45) is 0 Å². The van der Waals surface area contributed by atoms with E-state index in [1.54, 1.807) is 41.6 Å². The lowest BCUT2D eigenvalue weighted by atomic mass is 10.2. The molecule has 2 N–H and O–H groups in total. The van der Waals surface area contributed by atoms with Crippen molar-refractivity contribution < 1.29 is 4.79 Å². The summed E-state index contributed by atoms with van der Waals surface area (Å²) >= 11 is 1.65. The van der Waals surface area contributed by atoms with Crippen LogP contribution in [0.1, 0.15) is 20.9 Å². The van der Waals surface area contributed by atoms with E-state index in [2.05, 4.69) is 4.98 Å². The average molecular weight is 261 g/mol. The molecule has 0 unspecified atom stereocenters. The Morgan fingerprint density at radius 3 is 2.89 bits per heavy atom. The summed E-state index contributed by atoms with van der Waals surface area (Å²) in [5.74, 6) is -0.152. The van der Waals surface area contributed by atoms with E-state index in [1.165, 1.54) is 10.4 Å². The maximum absolute atomic E-state index is 12.2. The van der Waals surface area contributed by atoms with Crippen molar-refractivity contribution in [3.63, 3.8) is 0 Å². The first kappa shape index (κ1) is 12.6. The fourth-order valence-electron chi connectivity index (χ4n) is 1.63. The molecule has 0 atom stereocenters. The fourth-order valence-corrected chi connectivity index (χ4v) is 2.59. The molecule has 0 saturated heterocycles. The van der Waals surface area contributed by atoms with Gasteiger partial charge in [-0.1, -0.05) is 0 Å². The number of aryl methyl sites for hydroxylation is 1. The second kappa shape index (κ2) is 5.18. The largest absolute Gasteiger partial charge is 0.397 e. The first-order valence-corrected chi connectivity index (χ1v) is 6.46. The Hall–Kier alpha value is -1.88. The summed E-state index contributed by atoms with van der Waals surface area (Å²) in [6.45, 7) is 2.62. The normalized spacial score (nSPS) is 10.3. The summed E-state index contributed by atoms with van der Waals surface area (Å²) in [7, 11) is 1.76. The summed E-state index contributed by atoms with van der Waals surface area (Å²) in [6, 6.07) is 5.45. The fraction of sp³-hybridized carbons (Fsp3) is 0.231. The number of rotatable bonds is 3. The van der Waals surface area contributed by atoms with Crippen molar-refractivity contribution in [2.45, 2.75) is 13.5 Å². The number of thiophene rings is 1. The van der Waals surface area contributed by atoms with Gasteiger partial charge >= 0.3 is 0 Å². The van der Waals surface area contributed by atoms with Crippen LogP contribution in [0.2, 0.25) is 0 Å². The van der Waals surface area contributed by atoms with E-state index in [4.69, 9.17) is 5.73 Å². The molecule has 94 valence electrons. The third kappa shape index (κ3) is 2.51. The highest BCUT2D eigenvalue weighted by atomic mass is 32.1. The molecule has 0 aliphatic rings. The molecule has 0 fully saturated rings. The van der Waals surface area contributed by atoms with Crippen LogP contribution >= 0.6 is 11.3 Å². The van der Waals surface area contributed by atoms with E-state index in [9.17, 15) is 4.79 Å². The number of amides is 1. The Morgan fingerprint density at radius 1 is 1.50 bits per heavy atom. The highest BCUT2D eigenvalue weighted by molar-refractivity contribution is 7.10. The van der Waals surface area contributed by atoms with E-state index in [0.717, 1.165) is 0 Å². The van der Waals surface area contributed by atoms with Gasteiger partial charge in [0.05, 0.1) is 12.2 Å². The zero-order valence-electron chi connectivity index (χ0n) is 10.4. The third-order valence-electron chi connectivity index (χ3n) is 2.74. The second-order valence-corrected chi connectivity index (χ2v) is 5.13. The summed E-state index contributed by atoms with van der Waals surface area (Å²) in [4.78, 5) is 19.0. The second-order valence-electron chi connectivity index (χ2n) is 4.13. The lowest BCUT2D eigenvalue weighted by Crippen LogP contribution is -2.27. The molecule has 0 aromatic carbocycles. The Bertz CT molecular complexity index is 565. The Kier molecular flexibility index (Phi) is 3.62. The molecule has 0 spiro atoms. The lowest BCUT2D eigenvalue weighted by Gasteiger charge is -2.17. The molecule has 2 aromatic rings. The first-order valence-electron chi connectivity index (χ1n) is 5.58. The van der Waals surface area contributed by atoms with Crippen molar-refractivity contribution >= 4 is 22.9 Å². The smallest absolute Gasteiger partial charge is 0.274 e. The quantitative estimate of drug-likeness (QED) is 0.922. The maximum atomic E-state index is 12.2. The minimum atomic E-state index is -0.152. The molecule has 0 saturated carbocycles. The third-order valence-corrected chi connectivity index (χ3v) is 3.74. The van der Waals surface area contributed by atoms with Gasteiger partial charge in [0.1, 0.15) is 0 Å². The number of pyridine rings is 1. The van der Waals surface area contributed by atoms with Crippen LogP contribution in [-0.2, 0) is 6.54 Å². The van der Waals surface area contributed by atoms with Crippen molar-refractivity contribution in [2.75, 3.05) is 12.8 Å². The van der Waals surface area contributed by atoms with Gasteiger partial charge in [0.25, 0.3) is 5.91 Å². The van der Waals surface area contributed by atoms with Gasteiger partial charge in [0, 0.05) is 18.1 Å². The van der Waals surface area contributed by atoms with Gasteiger partial charge in [0.15, 0.2) is 5.69 Å². The van der Waals surface area contributed by atoms with Gasteiger partial charge < -0.3 is 10.6 Å². The Morgan fingerprint density at radius 2 is 2.28 bits per heavy atom. The Labute approximate surface area is 110 Å². The number of aromatic nitrogens is 1. The summed E-state index contributed by atoms with van der Waals surface area (Å²) in [6.07, 6.45) is 1.58. The van der Waals surface area contributed by atoms with Crippen LogP contribution in [0.15, 0.2) is 29.8 Å². The molecular weight excluding hydrogens is 246 g/mol. The number of hydrogen-bond acceptors (Lipinski definition) is 4. The number of nitrogens with two attached hydrogens (primary N) is 1. The van der Waals surface area contributed by atoms with Crippen LogP contribution in [0.3, 0.4) is 0 Å². The van der Waals surface area contributed by atoms with Gasteiger partial charge in [-0.15, -0.1) is 11.3 Å². The summed E-state index contributed by atoms with van der Waals surface area (Å²) in [5, 5.41) is 2.03. The molecule has 0 radical (unpaired) electrons. The van der Waals surface area contributed by atoms with Crippen molar-refractivity contribution in [1.82, 2.24) is 9.88 Å². The van der Waals surface area contributed by atoms with E-state index in [0.29, 0.717) is 17.9 Å². The van der Waals surface area contributed by atoms with Crippen LogP contribution in [0, 0.1) is 6.92 Å². The number of anilines is 1. The maximum Gasteiger partial charge on any atom is 0.274 e. The van der Waals surface area contributed by atoms with E-state index < -0.39 is 0 Å². The number of carbonyl (C=O) groups is 1. The standard InChI is InChI=1S/C13H15N3OS/c1-9-5-7-18-11(9)8-16(2)13(17)12-10(14)4-3-6-15-12/h3-7H,8,14H2,1-2H3. The van der Waals surface area contributed by atoms with Crippen LogP contribution in [0.25, 0.3) is 0 Å². The van der Waals surface area contributed by atoms with E-state index in [-0.39, 0.29) is 5.91 Å². The molecule has 4 nitrogen and oxygen atoms in total. The minimum Gasteiger partial charge on any atom is -0.397 e. The van der Waals surface area contributed by atoms with Crippen molar-refractivity contribution in [1.29, 1.82) is 0 Å². The molecule has 2 heterocycles. The summed E-state index contributed by atoms with van der Waals surface area (Å²) < 4.78 is 0. The number of carbonyl (C=O) groups excluding carboxylic acids is 1. The van der Waals surface area contributed by atoms with Crippen molar-refractivity contribution in [3.05, 3.63) is 45.9 Å². The van der Waals surface area contributed by atoms with Crippen LogP contribution in [-0.4, -0.2) is 22.8 Å². The van der Waals surface area contributed by atoms with E-state index in [1.807, 2.05) is 18.4 Å². The molecular formula is C13H15N3OS. The molecule has 18 heavy (non-hydrogen) atoms. The van der Waals surface area contributed by atoms with Gasteiger partial charge in [-0.3, -0.25) is 4.79 Å². The number of nitrogens with zero attached hydrogens (tertiary/aromatic N) is 2. The SMILES string of the molecule is Cc1ccsc1CN(C)C(=O)c1ncccc1N. The highest BCUT2D eigenvalue weighted by Gasteiger charge is 2.16. The molecule has 1 amide bonds. The first-order chi connectivity index (χ1) is 8.59. The average Bonchev–Trinajstić information content (AvgIpc) is 2.75. The van der Waals surface area contributed by atoms with Crippen LogP contribution in [0.5, 0.6) is 0 Å². The lowest BCUT2D eigenvalue weighted by molar-refractivity contribution is 0.0781. The minimum absolute atomic E-state index is 0.152. The van der Waals surface area contributed by atoms with Crippen LogP contribution in [0.4, 0.5) is 5.69 Å². The predicted molar refractivity (Wildman–Crippen MR) is 73.5 cm³/mol. The molecule has 5 heteroatoms. The molecule has 0 aliphatic heterocycles. The van der Waals surface area contributed by atoms with Gasteiger partial charge in [-0.25, -0.2) is 4.98 Å². The van der Waals surface area contributed by atoms with Crippen molar-refractivity contribution in [3.8, 4) is 0 Å². The molecule has 0 aliphatic carbocycles. The molecule has 0 bridgehead atoms. The van der Waals surface area contributed by atoms with Gasteiger partial charge in [-0.2, -0.15) is 0 Å². The molecule has 2 aromatic heterocycles. The zero-order chi connectivity index (χ0) is 13.1. The molecule has 2 rings (SSSR count). The van der Waals surface area contributed by atoms with Crippen LogP contribution < -0.4 is 5.73 Å². The van der Waals surface area contributed by atoms with Gasteiger partial charge in [0.2, 0.25) is 0 Å².